The molecule has 4 rings (SSSR count). The van der Waals surface area contributed by atoms with Gasteiger partial charge in [0, 0.05) is 24.3 Å². The second-order valence-electron chi connectivity index (χ2n) is 8.04. The van der Waals surface area contributed by atoms with Crippen molar-refractivity contribution in [3.8, 4) is 11.1 Å². The summed E-state index contributed by atoms with van der Waals surface area (Å²) in [5.41, 5.74) is 5.34. The highest BCUT2D eigenvalue weighted by Gasteiger charge is 2.21. The van der Waals surface area contributed by atoms with Gasteiger partial charge in [0.05, 0.1) is 0 Å². The summed E-state index contributed by atoms with van der Waals surface area (Å²) in [6.45, 7) is 4.40. The number of rotatable bonds is 5. The lowest BCUT2D eigenvalue weighted by Crippen LogP contribution is -2.02. The van der Waals surface area contributed by atoms with Gasteiger partial charge in [-0.3, -0.25) is 0 Å². The van der Waals surface area contributed by atoms with Crippen LogP contribution in [-0.4, -0.2) is 14.5 Å². The maximum absolute atomic E-state index is 9.75. The molecule has 0 atom stereocenters. The van der Waals surface area contributed by atoms with Crippen LogP contribution < -0.4 is 9.97 Å². The van der Waals surface area contributed by atoms with Gasteiger partial charge in [0.2, 0.25) is 0 Å². The second kappa shape index (κ2) is 21.2. The van der Waals surface area contributed by atoms with Gasteiger partial charge in [0.25, 0.3) is 0 Å². The maximum atomic E-state index is 9.75. The van der Waals surface area contributed by atoms with Crippen molar-refractivity contribution in [2.24, 2.45) is 0 Å². The van der Waals surface area contributed by atoms with Gasteiger partial charge in [-0.1, -0.05) is 87.4 Å². The van der Waals surface area contributed by atoms with Crippen LogP contribution in [0.3, 0.4) is 0 Å². The molecule has 0 saturated carbocycles. The molecular weight excluding hydrogens is 538 g/mol. The van der Waals surface area contributed by atoms with E-state index in [4.69, 9.17) is 0 Å². The van der Waals surface area contributed by atoms with Crippen LogP contribution in [0.2, 0.25) is 0 Å². The number of aromatic nitrogens is 2. The first kappa shape index (κ1) is 36.3. The van der Waals surface area contributed by atoms with Crippen LogP contribution in [0.25, 0.3) is 11.1 Å². The minimum Gasteiger partial charge on any atom is -0.418 e. The Hall–Kier alpha value is -3.69. The van der Waals surface area contributed by atoms with Crippen molar-refractivity contribution in [1.82, 2.24) is 0 Å². The van der Waals surface area contributed by atoms with Crippen LogP contribution in [0.4, 0.5) is 34.5 Å². The predicted octanol–water partition coefficient (Wildman–Crippen LogP) is 8.86. The van der Waals surface area contributed by atoms with Gasteiger partial charge in [-0.2, -0.15) is 0 Å². The summed E-state index contributed by atoms with van der Waals surface area (Å²) >= 11 is 0. The number of hydrogen-bond acceptors (Lipinski definition) is 0. The summed E-state index contributed by atoms with van der Waals surface area (Å²) < 4.78 is 78.0. The topological polar surface area (TPSA) is 28.3 Å². The van der Waals surface area contributed by atoms with E-state index in [0.717, 1.165) is 0 Å². The predicted molar refractivity (Wildman–Crippen MR) is 146 cm³/mol. The fraction of sp³-hybridized carbons (Fsp3) is 0.214. The van der Waals surface area contributed by atoms with E-state index in [1.807, 2.05) is 24.8 Å². The Morgan fingerprint density at radius 3 is 0.925 bits per heavy atom. The number of hydrogen-bond donors (Lipinski definition) is 0. The molecule has 2 nitrogen and oxygen atoms in total. The van der Waals surface area contributed by atoms with Gasteiger partial charge in [-0.05, 0) is 35.1 Å². The van der Waals surface area contributed by atoms with Gasteiger partial charge in [0.15, 0.2) is 24.8 Å². The second-order valence-corrected chi connectivity index (χ2v) is 8.04. The third kappa shape index (κ3) is 25.9. The third-order valence-electron chi connectivity index (χ3n) is 4.53. The molecule has 0 amide bonds. The average molecular weight is 572 g/mol. The van der Waals surface area contributed by atoms with Crippen molar-refractivity contribution >= 4 is 14.5 Å². The number of benzene rings is 2. The monoisotopic (exact) mass is 572 g/mol. The number of H-pyrrole nitrogens is 2. The van der Waals surface area contributed by atoms with E-state index in [1.54, 1.807) is 0 Å². The van der Waals surface area contributed by atoms with Crippen LogP contribution in [0.5, 0.6) is 0 Å². The number of nitrogens with one attached hydrogen (secondary N) is 2. The smallest absolute Gasteiger partial charge is 0.418 e. The standard InChI is InChI=1S/C10H8N2.2C9H12.2BF4/c1-5-11-6-2-9(1)10-3-7-12-8-4-10;2*1-2-6-9-7-4-3-5-8-9;2*2-1(3,4)5/h1-8H;2*3-5,7-8H,2,6H2,1H3;;/q;;;2*-1/p+2. The Kier molecular flexibility index (Phi) is 19.2. The molecule has 2 aromatic carbocycles. The molecule has 0 aliphatic carbocycles. The summed E-state index contributed by atoms with van der Waals surface area (Å²) in [7, 11) is -12.0. The highest BCUT2D eigenvalue weighted by molar-refractivity contribution is 6.50. The summed E-state index contributed by atoms with van der Waals surface area (Å²) in [5, 5.41) is 0. The lowest BCUT2D eigenvalue weighted by molar-refractivity contribution is -0.378. The van der Waals surface area contributed by atoms with E-state index < -0.39 is 14.5 Å². The Morgan fingerprint density at radius 2 is 0.700 bits per heavy atom. The van der Waals surface area contributed by atoms with E-state index in [9.17, 15) is 34.5 Å². The van der Waals surface area contributed by atoms with Gasteiger partial charge < -0.3 is 34.5 Å². The van der Waals surface area contributed by atoms with Crippen molar-refractivity contribution in [2.45, 2.75) is 39.5 Å². The van der Waals surface area contributed by atoms with Gasteiger partial charge in [-0.15, -0.1) is 0 Å². The Balaban J connectivity index is 0.000000497. The number of halogens is 8. The molecule has 40 heavy (non-hydrogen) atoms. The van der Waals surface area contributed by atoms with Crippen molar-refractivity contribution in [2.75, 3.05) is 0 Å². The fourth-order valence-corrected chi connectivity index (χ4v) is 3.03. The van der Waals surface area contributed by atoms with E-state index in [1.165, 1.54) is 47.9 Å². The van der Waals surface area contributed by atoms with Gasteiger partial charge in [-0.25, -0.2) is 9.97 Å². The first-order valence-electron chi connectivity index (χ1n) is 12.6. The van der Waals surface area contributed by atoms with Crippen LogP contribution >= 0.6 is 0 Å². The van der Waals surface area contributed by atoms with E-state index >= 15 is 0 Å². The molecule has 0 radical (unpaired) electrons. The highest BCUT2D eigenvalue weighted by atomic mass is 19.5. The van der Waals surface area contributed by atoms with Crippen molar-refractivity contribution < 1.29 is 44.5 Å². The molecule has 0 spiro atoms. The molecule has 0 saturated heterocycles. The van der Waals surface area contributed by atoms with E-state index in [0.29, 0.717) is 0 Å². The molecule has 0 unspecified atom stereocenters. The number of aryl methyl sites for hydroxylation is 2. The van der Waals surface area contributed by atoms with Crippen LogP contribution in [-0.2, 0) is 12.8 Å². The Labute approximate surface area is 230 Å². The average Bonchev–Trinajstić information content (AvgIpc) is 2.90. The molecule has 0 aliphatic heterocycles. The van der Waals surface area contributed by atoms with Crippen LogP contribution in [0.1, 0.15) is 37.8 Å². The highest BCUT2D eigenvalue weighted by Crippen LogP contribution is 2.14. The molecule has 0 aliphatic rings. The summed E-state index contributed by atoms with van der Waals surface area (Å²) in [5.74, 6) is 0. The van der Waals surface area contributed by atoms with Crippen LogP contribution in [0.15, 0.2) is 110 Å². The molecule has 2 aromatic heterocycles. The molecule has 2 N–H and O–H groups in total. The SMILES string of the molecule is CCCc1ccccc1.CCCc1ccccc1.F[B-](F)(F)F.F[B-](F)(F)F.c1cc(-c2cc[nH+]cc2)cc[nH+]1. The molecule has 2 heterocycles. The van der Waals surface area contributed by atoms with Crippen molar-refractivity contribution in [3.63, 3.8) is 0 Å². The maximum Gasteiger partial charge on any atom is 0.673 e. The summed E-state index contributed by atoms with van der Waals surface area (Å²) in [4.78, 5) is 5.99. The number of aromatic amines is 2. The zero-order valence-electron chi connectivity index (χ0n) is 22.4. The lowest BCUT2D eigenvalue weighted by atomic mass is 10.1. The lowest BCUT2D eigenvalue weighted by Gasteiger charge is -1.94. The molecular formula is C28H34B2F8N2. The van der Waals surface area contributed by atoms with Crippen LogP contribution in [0, 0.1) is 0 Å². The minimum atomic E-state index is -6.00. The fourth-order valence-electron chi connectivity index (χ4n) is 3.03. The first-order chi connectivity index (χ1) is 18.8. The third-order valence-corrected chi connectivity index (χ3v) is 4.53. The van der Waals surface area contributed by atoms with Crippen molar-refractivity contribution in [3.05, 3.63) is 121 Å². The largest absolute Gasteiger partial charge is 0.673 e. The van der Waals surface area contributed by atoms with Gasteiger partial charge in [0.1, 0.15) is 0 Å². The Bertz CT molecular complexity index is 998. The quantitative estimate of drug-likeness (QED) is 0.169. The van der Waals surface area contributed by atoms with Crippen molar-refractivity contribution in [1.29, 1.82) is 0 Å². The molecule has 12 heteroatoms. The minimum absolute atomic E-state index is 1.21. The Morgan fingerprint density at radius 1 is 0.450 bits per heavy atom. The molecule has 218 valence electrons. The molecule has 4 aromatic rings. The zero-order chi connectivity index (χ0) is 30.3. The van der Waals surface area contributed by atoms with E-state index in [-0.39, 0.29) is 0 Å². The van der Waals surface area contributed by atoms with Gasteiger partial charge >= 0.3 is 14.5 Å². The zero-order valence-corrected chi connectivity index (χ0v) is 22.4. The number of pyridine rings is 2. The normalized spacial score (nSPS) is 10.2. The van der Waals surface area contributed by atoms with E-state index in [2.05, 4.69) is 109 Å². The molecule has 0 fully saturated rings. The summed E-state index contributed by atoms with van der Waals surface area (Å²) in [6, 6.07) is 29.3. The first-order valence-corrected chi connectivity index (χ1v) is 12.6. The summed E-state index contributed by atoms with van der Waals surface area (Å²) in [6.07, 6.45) is 12.6. The molecule has 0 bridgehead atoms.